The molecule has 5 rings (SSSR count). The zero-order valence-corrected chi connectivity index (χ0v) is 15.4. The van der Waals surface area contributed by atoms with Crippen LogP contribution in [0.25, 0.3) is 11.6 Å². The van der Waals surface area contributed by atoms with Gasteiger partial charge in [-0.05, 0) is 37.8 Å². The van der Waals surface area contributed by atoms with Crippen LogP contribution in [0.1, 0.15) is 64.7 Å². The number of hydrogen-bond donors (Lipinski definition) is 0. The van der Waals surface area contributed by atoms with Gasteiger partial charge in [0.2, 0.25) is 17.7 Å². The summed E-state index contributed by atoms with van der Waals surface area (Å²) in [6.45, 7) is 1.66. The van der Waals surface area contributed by atoms with Crippen molar-refractivity contribution in [3.8, 4) is 11.6 Å². The molecule has 0 bridgehead atoms. The standard InChI is InChI=1S/C20H26N4O2/c1-14(25)23-16-9-4-3-8-15(16)20(11-5-2-6-12-20)24-19(23)21-18(22-24)17-10-7-13-26-17/h7,10,13,15-16H,2-6,8-9,11-12H2,1H3/t15-,16+/m1/s1. The van der Waals surface area contributed by atoms with E-state index in [2.05, 4.69) is 4.68 Å². The van der Waals surface area contributed by atoms with E-state index in [1.165, 1.54) is 38.5 Å². The SMILES string of the molecule is CC(=O)N1c2nc(-c3ccco3)nn2C2(CCCCC2)[C@@H]2CCCC[C@@H]21. The van der Waals surface area contributed by atoms with Gasteiger partial charge in [0.05, 0.1) is 11.8 Å². The smallest absolute Gasteiger partial charge is 0.232 e. The van der Waals surface area contributed by atoms with Gasteiger partial charge in [-0.2, -0.15) is 4.98 Å². The molecular weight excluding hydrogens is 328 g/mol. The van der Waals surface area contributed by atoms with Gasteiger partial charge >= 0.3 is 0 Å². The highest BCUT2D eigenvalue weighted by molar-refractivity contribution is 5.91. The third-order valence-electron chi connectivity index (χ3n) is 6.78. The molecule has 2 aliphatic carbocycles. The summed E-state index contributed by atoms with van der Waals surface area (Å²) in [7, 11) is 0. The predicted octanol–water partition coefficient (Wildman–Crippen LogP) is 4.12. The fraction of sp³-hybridized carbons (Fsp3) is 0.650. The molecular formula is C20H26N4O2. The molecule has 2 aromatic rings. The van der Waals surface area contributed by atoms with Gasteiger partial charge in [-0.25, -0.2) is 4.68 Å². The normalized spacial score (nSPS) is 27.2. The van der Waals surface area contributed by atoms with E-state index in [1.807, 2.05) is 17.0 Å². The van der Waals surface area contributed by atoms with E-state index in [9.17, 15) is 4.79 Å². The van der Waals surface area contributed by atoms with Gasteiger partial charge in [-0.15, -0.1) is 5.10 Å². The summed E-state index contributed by atoms with van der Waals surface area (Å²) in [6, 6.07) is 4.01. The fourth-order valence-corrected chi connectivity index (χ4v) is 5.74. The number of carbonyl (C=O) groups is 1. The molecule has 0 N–H and O–H groups in total. The van der Waals surface area contributed by atoms with E-state index in [0.717, 1.165) is 25.2 Å². The summed E-state index contributed by atoms with van der Waals surface area (Å²) in [5, 5.41) is 4.91. The third-order valence-corrected chi connectivity index (χ3v) is 6.78. The highest BCUT2D eigenvalue weighted by Gasteiger charge is 2.54. The maximum Gasteiger partial charge on any atom is 0.232 e. The van der Waals surface area contributed by atoms with Crippen LogP contribution in [0.4, 0.5) is 5.95 Å². The molecule has 2 fully saturated rings. The van der Waals surface area contributed by atoms with Crippen LogP contribution in [-0.4, -0.2) is 26.7 Å². The number of rotatable bonds is 1. The van der Waals surface area contributed by atoms with Crippen LogP contribution >= 0.6 is 0 Å². The minimum atomic E-state index is 0.0163. The Balaban J connectivity index is 1.71. The molecule has 6 nitrogen and oxygen atoms in total. The molecule has 2 atom stereocenters. The van der Waals surface area contributed by atoms with Gasteiger partial charge in [-0.1, -0.05) is 32.1 Å². The van der Waals surface area contributed by atoms with Crippen LogP contribution in [0.15, 0.2) is 22.8 Å². The first kappa shape index (κ1) is 16.1. The largest absolute Gasteiger partial charge is 0.461 e. The first-order valence-corrected chi connectivity index (χ1v) is 10.0. The second-order valence-corrected chi connectivity index (χ2v) is 8.14. The van der Waals surface area contributed by atoms with Gasteiger partial charge in [0.1, 0.15) is 0 Å². The summed E-state index contributed by atoms with van der Waals surface area (Å²) in [5.74, 6) is 2.56. The molecule has 0 unspecified atom stereocenters. The predicted molar refractivity (Wildman–Crippen MR) is 97.7 cm³/mol. The highest BCUT2D eigenvalue weighted by Crippen LogP contribution is 2.53. The van der Waals surface area contributed by atoms with Crippen molar-refractivity contribution in [2.24, 2.45) is 5.92 Å². The number of nitrogens with zero attached hydrogens (tertiary/aromatic N) is 4. The molecule has 6 heteroatoms. The average molecular weight is 354 g/mol. The lowest BCUT2D eigenvalue weighted by atomic mass is 9.64. The molecule has 0 saturated heterocycles. The van der Waals surface area contributed by atoms with Crippen molar-refractivity contribution in [2.45, 2.75) is 76.3 Å². The van der Waals surface area contributed by atoms with Gasteiger partial charge in [0.15, 0.2) is 5.76 Å². The molecule has 2 saturated carbocycles. The molecule has 1 amide bonds. The van der Waals surface area contributed by atoms with Crippen molar-refractivity contribution in [1.82, 2.24) is 14.8 Å². The van der Waals surface area contributed by atoms with Gasteiger partial charge < -0.3 is 4.42 Å². The fourth-order valence-electron chi connectivity index (χ4n) is 5.74. The highest BCUT2D eigenvalue weighted by atomic mass is 16.3. The summed E-state index contributed by atoms with van der Waals surface area (Å²) in [6.07, 6.45) is 12.4. The minimum Gasteiger partial charge on any atom is -0.461 e. The lowest BCUT2D eigenvalue weighted by Gasteiger charge is -2.55. The Bertz CT molecular complexity index is 804. The van der Waals surface area contributed by atoms with Crippen molar-refractivity contribution in [1.29, 1.82) is 0 Å². The monoisotopic (exact) mass is 354 g/mol. The first-order valence-electron chi connectivity index (χ1n) is 10.0. The number of furan rings is 1. The van der Waals surface area contributed by atoms with Crippen molar-refractivity contribution in [3.63, 3.8) is 0 Å². The van der Waals surface area contributed by atoms with E-state index < -0.39 is 0 Å². The molecule has 138 valence electrons. The Hall–Kier alpha value is -2.11. The topological polar surface area (TPSA) is 64.2 Å². The van der Waals surface area contributed by atoms with Crippen molar-refractivity contribution in [3.05, 3.63) is 18.4 Å². The Labute approximate surface area is 153 Å². The van der Waals surface area contributed by atoms with Crippen LogP contribution in [-0.2, 0) is 10.3 Å². The zero-order chi connectivity index (χ0) is 17.7. The molecule has 0 radical (unpaired) electrons. The number of amides is 1. The van der Waals surface area contributed by atoms with Crippen molar-refractivity contribution in [2.75, 3.05) is 4.90 Å². The Morgan fingerprint density at radius 2 is 2.00 bits per heavy atom. The van der Waals surface area contributed by atoms with E-state index in [0.29, 0.717) is 17.5 Å². The van der Waals surface area contributed by atoms with Crippen LogP contribution in [0.5, 0.6) is 0 Å². The van der Waals surface area contributed by atoms with Crippen molar-refractivity contribution < 1.29 is 9.21 Å². The maximum atomic E-state index is 12.6. The zero-order valence-electron chi connectivity index (χ0n) is 15.4. The quantitative estimate of drug-likeness (QED) is 0.773. The van der Waals surface area contributed by atoms with E-state index >= 15 is 0 Å². The van der Waals surface area contributed by atoms with Crippen LogP contribution in [0, 0.1) is 5.92 Å². The number of hydrogen-bond acceptors (Lipinski definition) is 4. The van der Waals surface area contributed by atoms with Gasteiger partial charge in [-0.3, -0.25) is 9.69 Å². The number of aromatic nitrogens is 3. The lowest BCUT2D eigenvalue weighted by molar-refractivity contribution is -0.118. The minimum absolute atomic E-state index is 0.0163. The van der Waals surface area contributed by atoms with Gasteiger partial charge in [0, 0.05) is 18.9 Å². The Morgan fingerprint density at radius 1 is 1.19 bits per heavy atom. The van der Waals surface area contributed by atoms with Crippen molar-refractivity contribution >= 4 is 11.9 Å². The molecule has 3 heterocycles. The number of fused-ring (bicyclic) bond motifs is 4. The maximum absolute atomic E-state index is 12.6. The average Bonchev–Trinajstić information content (AvgIpc) is 3.33. The molecule has 1 aliphatic heterocycles. The molecule has 3 aliphatic rings. The molecule has 26 heavy (non-hydrogen) atoms. The molecule has 2 aromatic heterocycles. The molecule has 1 spiro atoms. The Kier molecular flexibility index (Phi) is 3.69. The van der Waals surface area contributed by atoms with E-state index in [4.69, 9.17) is 14.5 Å². The van der Waals surface area contributed by atoms with Crippen LogP contribution in [0.3, 0.4) is 0 Å². The number of anilines is 1. The lowest BCUT2D eigenvalue weighted by Crippen LogP contribution is -2.61. The second kappa shape index (κ2) is 5.96. The summed E-state index contributed by atoms with van der Waals surface area (Å²) < 4.78 is 7.67. The molecule has 0 aromatic carbocycles. The van der Waals surface area contributed by atoms with E-state index in [1.54, 1.807) is 13.2 Å². The van der Waals surface area contributed by atoms with Crippen LogP contribution in [0.2, 0.25) is 0 Å². The third kappa shape index (κ3) is 2.20. The Morgan fingerprint density at radius 3 is 2.73 bits per heavy atom. The van der Waals surface area contributed by atoms with E-state index in [-0.39, 0.29) is 17.5 Å². The number of carbonyl (C=O) groups excluding carboxylic acids is 1. The first-order chi connectivity index (χ1) is 12.7. The second-order valence-electron chi connectivity index (χ2n) is 8.14. The van der Waals surface area contributed by atoms with Gasteiger partial charge in [0.25, 0.3) is 0 Å². The summed E-state index contributed by atoms with van der Waals surface area (Å²) in [5.41, 5.74) is 0.0163. The summed E-state index contributed by atoms with van der Waals surface area (Å²) in [4.78, 5) is 19.3. The van der Waals surface area contributed by atoms with Crippen LogP contribution < -0.4 is 4.90 Å². The summed E-state index contributed by atoms with van der Waals surface area (Å²) >= 11 is 0.